The van der Waals surface area contributed by atoms with Crippen molar-refractivity contribution in [3.05, 3.63) is 59.9 Å². The van der Waals surface area contributed by atoms with E-state index in [1.54, 1.807) is 12.4 Å². The van der Waals surface area contributed by atoms with Crippen LogP contribution in [0.4, 0.5) is 5.69 Å². The van der Waals surface area contributed by atoms with Crippen LogP contribution in [0.1, 0.15) is 29.8 Å². The van der Waals surface area contributed by atoms with Gasteiger partial charge in [0.1, 0.15) is 0 Å². The number of anilines is 1. The van der Waals surface area contributed by atoms with Crippen LogP contribution in [-0.4, -0.2) is 36.7 Å². The van der Waals surface area contributed by atoms with Crippen LogP contribution in [0.3, 0.4) is 0 Å². The molecule has 1 aliphatic heterocycles. The van der Waals surface area contributed by atoms with Crippen molar-refractivity contribution in [2.45, 2.75) is 26.3 Å². The molecule has 0 radical (unpaired) electrons. The number of nitrogens with one attached hydrogen (secondary N) is 2. The predicted octanol–water partition coefficient (Wildman–Crippen LogP) is 3.14. The number of amides is 1. The number of aromatic nitrogens is 1. The van der Waals surface area contributed by atoms with Crippen LogP contribution < -0.4 is 10.6 Å². The Kier molecular flexibility index (Phi) is 6.23. The molecule has 138 valence electrons. The molecule has 0 bridgehead atoms. The first-order valence-electron chi connectivity index (χ1n) is 9.24. The van der Waals surface area contributed by atoms with E-state index >= 15 is 0 Å². The largest absolute Gasteiger partial charge is 0.384 e. The van der Waals surface area contributed by atoms with Crippen molar-refractivity contribution < 1.29 is 9.53 Å². The summed E-state index contributed by atoms with van der Waals surface area (Å²) in [5.41, 5.74) is 2.78. The number of para-hydroxylation sites is 1. The van der Waals surface area contributed by atoms with E-state index in [0.717, 1.165) is 18.7 Å². The van der Waals surface area contributed by atoms with Crippen molar-refractivity contribution in [2.75, 3.05) is 25.1 Å². The molecule has 1 amide bonds. The highest BCUT2D eigenvalue weighted by atomic mass is 16.5. The minimum absolute atomic E-state index is 0.0221. The number of rotatable bonds is 7. The monoisotopic (exact) mass is 353 g/mol. The average molecular weight is 353 g/mol. The fourth-order valence-electron chi connectivity index (χ4n) is 3.18. The van der Waals surface area contributed by atoms with Gasteiger partial charge in [-0.2, -0.15) is 0 Å². The molecule has 5 nitrogen and oxygen atoms in total. The first-order chi connectivity index (χ1) is 12.6. The number of ether oxygens (including phenoxy) is 1. The maximum absolute atomic E-state index is 12.8. The summed E-state index contributed by atoms with van der Waals surface area (Å²) in [7, 11) is 0. The van der Waals surface area contributed by atoms with Crippen LogP contribution in [0.5, 0.6) is 0 Å². The van der Waals surface area contributed by atoms with E-state index < -0.39 is 0 Å². The number of benzene rings is 1. The summed E-state index contributed by atoms with van der Waals surface area (Å²) in [4.78, 5) is 16.9. The third kappa shape index (κ3) is 4.82. The number of carbonyl (C=O) groups is 1. The molecule has 3 rings (SSSR count). The summed E-state index contributed by atoms with van der Waals surface area (Å²) in [6, 6.07) is 11.7. The third-order valence-electron chi connectivity index (χ3n) is 4.63. The molecule has 26 heavy (non-hydrogen) atoms. The molecule has 2 atom stereocenters. The Balaban J connectivity index is 1.65. The van der Waals surface area contributed by atoms with Gasteiger partial charge in [0.2, 0.25) is 0 Å². The molecule has 1 fully saturated rings. The lowest BCUT2D eigenvalue weighted by Gasteiger charge is -2.20. The van der Waals surface area contributed by atoms with E-state index in [2.05, 4.69) is 29.5 Å². The van der Waals surface area contributed by atoms with Crippen molar-refractivity contribution >= 4 is 11.6 Å². The molecule has 0 spiro atoms. The van der Waals surface area contributed by atoms with E-state index in [0.29, 0.717) is 24.7 Å². The van der Waals surface area contributed by atoms with Gasteiger partial charge in [-0.1, -0.05) is 26.0 Å². The first kappa shape index (κ1) is 18.4. The number of hydrogen-bond acceptors (Lipinski definition) is 4. The van der Waals surface area contributed by atoms with Gasteiger partial charge in [0.05, 0.1) is 24.8 Å². The Morgan fingerprint density at radius 2 is 1.96 bits per heavy atom. The quantitative estimate of drug-likeness (QED) is 0.803. The molecule has 1 aromatic heterocycles. The minimum Gasteiger partial charge on any atom is -0.384 e. The second kappa shape index (κ2) is 8.81. The molecule has 2 aromatic rings. The summed E-state index contributed by atoms with van der Waals surface area (Å²) in [6.07, 6.45) is 4.48. The number of carbonyl (C=O) groups excluding carboxylic acids is 1. The van der Waals surface area contributed by atoms with Crippen LogP contribution in [0.2, 0.25) is 0 Å². The van der Waals surface area contributed by atoms with Gasteiger partial charge in [-0.15, -0.1) is 0 Å². The van der Waals surface area contributed by atoms with Crippen molar-refractivity contribution in [3.63, 3.8) is 0 Å². The summed E-state index contributed by atoms with van der Waals surface area (Å²) < 4.78 is 5.64. The molecule has 1 aliphatic rings. The highest BCUT2D eigenvalue weighted by Gasteiger charge is 2.30. The van der Waals surface area contributed by atoms with Crippen molar-refractivity contribution in [1.82, 2.24) is 10.3 Å². The van der Waals surface area contributed by atoms with E-state index in [9.17, 15) is 4.79 Å². The molecule has 5 heteroatoms. The summed E-state index contributed by atoms with van der Waals surface area (Å²) in [5.74, 6) is 0.739. The molecule has 1 saturated heterocycles. The summed E-state index contributed by atoms with van der Waals surface area (Å²) in [6.45, 7) is 6.36. The van der Waals surface area contributed by atoms with Crippen LogP contribution in [0.25, 0.3) is 0 Å². The van der Waals surface area contributed by atoms with Gasteiger partial charge in [0, 0.05) is 30.5 Å². The lowest BCUT2D eigenvalue weighted by molar-refractivity contribution is 0.0926. The molecular formula is C21H27N3O2. The molecule has 0 aliphatic carbocycles. The lowest BCUT2D eigenvalue weighted by Crippen LogP contribution is -2.40. The van der Waals surface area contributed by atoms with Gasteiger partial charge in [-0.3, -0.25) is 9.78 Å². The van der Waals surface area contributed by atoms with E-state index in [1.807, 2.05) is 36.4 Å². The Labute approximate surface area is 155 Å². The summed E-state index contributed by atoms with van der Waals surface area (Å²) in [5, 5.41) is 6.54. The smallest absolute Gasteiger partial charge is 0.253 e. The highest BCUT2D eigenvalue weighted by Crippen LogP contribution is 2.21. The maximum Gasteiger partial charge on any atom is 0.253 e. The molecular weight excluding hydrogens is 326 g/mol. The van der Waals surface area contributed by atoms with Crippen LogP contribution >= 0.6 is 0 Å². The fourth-order valence-corrected chi connectivity index (χ4v) is 3.18. The topological polar surface area (TPSA) is 63.2 Å². The second-order valence-electron chi connectivity index (χ2n) is 7.26. The third-order valence-corrected chi connectivity index (χ3v) is 4.63. The number of hydrogen-bond donors (Lipinski definition) is 2. The zero-order valence-electron chi connectivity index (χ0n) is 15.4. The zero-order valence-corrected chi connectivity index (χ0v) is 15.4. The Morgan fingerprint density at radius 3 is 2.73 bits per heavy atom. The van der Waals surface area contributed by atoms with Crippen LogP contribution in [0, 0.1) is 11.8 Å². The molecule has 2 N–H and O–H groups in total. The van der Waals surface area contributed by atoms with Gasteiger partial charge < -0.3 is 15.4 Å². The normalized spacial score (nSPS) is 19.5. The van der Waals surface area contributed by atoms with Gasteiger partial charge in [-0.05, 0) is 42.2 Å². The van der Waals surface area contributed by atoms with Gasteiger partial charge >= 0.3 is 0 Å². The number of nitrogens with zero attached hydrogens (tertiary/aromatic N) is 1. The van der Waals surface area contributed by atoms with Crippen LogP contribution in [-0.2, 0) is 11.2 Å². The maximum atomic E-state index is 12.8. The lowest BCUT2D eigenvalue weighted by atomic mass is 9.95. The van der Waals surface area contributed by atoms with Gasteiger partial charge in [0.15, 0.2) is 0 Å². The van der Waals surface area contributed by atoms with Crippen molar-refractivity contribution in [2.24, 2.45) is 11.8 Å². The van der Waals surface area contributed by atoms with E-state index in [4.69, 9.17) is 4.74 Å². The predicted molar refractivity (Wildman–Crippen MR) is 103 cm³/mol. The highest BCUT2D eigenvalue weighted by molar-refractivity contribution is 5.99. The number of pyridine rings is 1. The Bertz CT molecular complexity index is 718. The van der Waals surface area contributed by atoms with E-state index in [-0.39, 0.29) is 17.9 Å². The van der Waals surface area contributed by atoms with Crippen molar-refractivity contribution in [1.29, 1.82) is 0 Å². The average Bonchev–Trinajstić information content (AvgIpc) is 3.07. The zero-order chi connectivity index (χ0) is 18.4. The van der Waals surface area contributed by atoms with Gasteiger partial charge in [-0.25, -0.2) is 0 Å². The molecule has 0 unspecified atom stereocenters. The first-order valence-corrected chi connectivity index (χ1v) is 9.24. The minimum atomic E-state index is -0.0490. The van der Waals surface area contributed by atoms with Gasteiger partial charge in [0.25, 0.3) is 5.91 Å². The van der Waals surface area contributed by atoms with E-state index in [1.165, 1.54) is 5.56 Å². The Morgan fingerprint density at radius 1 is 1.19 bits per heavy atom. The second-order valence-corrected chi connectivity index (χ2v) is 7.26. The van der Waals surface area contributed by atoms with Crippen LogP contribution in [0.15, 0.2) is 48.8 Å². The fraction of sp³-hybridized carbons (Fsp3) is 0.429. The Hall–Kier alpha value is -2.40. The summed E-state index contributed by atoms with van der Waals surface area (Å²) >= 11 is 0. The SMILES string of the molecule is CC(C)CNc1ccccc1C(=O)N[C@H]1COC[C@H]1Cc1ccncc1. The molecule has 1 aromatic carbocycles. The van der Waals surface area contributed by atoms with Crippen molar-refractivity contribution in [3.8, 4) is 0 Å². The molecule has 2 heterocycles. The molecule has 0 saturated carbocycles. The standard InChI is InChI=1S/C21H27N3O2/c1-15(2)12-23-19-6-4-3-5-18(19)21(25)24-20-14-26-13-17(20)11-16-7-9-22-10-8-16/h3-10,15,17,20,23H,11-14H2,1-2H3,(H,24,25)/t17-,20+/m1/s1.